The van der Waals surface area contributed by atoms with Crippen LogP contribution in [-0.2, 0) is 0 Å². The van der Waals surface area contributed by atoms with E-state index in [0.29, 0.717) is 0 Å². The van der Waals surface area contributed by atoms with Crippen LogP contribution in [0.25, 0.3) is 0 Å². The van der Waals surface area contributed by atoms with E-state index in [4.69, 9.17) is 5.11 Å². The topological polar surface area (TPSA) is 26.7 Å². The van der Waals surface area contributed by atoms with Gasteiger partial charge in [0.2, 0.25) is 0 Å². The lowest BCUT2D eigenvalue weighted by Gasteiger charge is -2.41. The van der Waals surface area contributed by atoms with Crippen LogP contribution in [0.5, 0.6) is 0 Å². The summed E-state index contributed by atoms with van der Waals surface area (Å²) < 4.78 is 0. The van der Waals surface area contributed by atoms with Gasteiger partial charge in [-0.25, -0.2) is 0 Å². The Balaban J connectivity index is 0.000000179. The zero-order valence-electron chi connectivity index (χ0n) is 7.29. The molecule has 3 heteroatoms. The molecular weight excluding hydrogens is 140 g/mol. The molecule has 3 saturated heterocycles. The average molecular weight is 158 g/mol. The van der Waals surface area contributed by atoms with E-state index in [-0.39, 0.29) is 6.61 Å². The van der Waals surface area contributed by atoms with Crippen molar-refractivity contribution in [2.75, 3.05) is 45.9 Å². The Labute approximate surface area is 68.6 Å². The molecule has 3 nitrogen and oxygen atoms in total. The predicted molar refractivity (Wildman–Crippen MR) is 45.6 cm³/mol. The van der Waals surface area contributed by atoms with Gasteiger partial charge in [-0.2, -0.15) is 0 Å². The maximum atomic E-state index is 7.57. The van der Waals surface area contributed by atoms with Crippen LogP contribution >= 0.6 is 0 Å². The highest BCUT2D eigenvalue weighted by atomic mass is 16.2. The Bertz CT molecular complexity index is 77.2. The standard InChI is InChI=1S/C6H12N2.C2H6O/c1-2-8-5-3-7(1)4-6-8;1-2-3/h1-6H2;3H,2H2,1H3. The first-order chi connectivity index (χ1) is 5.36. The highest BCUT2D eigenvalue weighted by molar-refractivity contribution is 4.78. The molecule has 0 aromatic rings. The summed E-state index contributed by atoms with van der Waals surface area (Å²) in [6.07, 6.45) is 0. The molecule has 3 fully saturated rings. The van der Waals surface area contributed by atoms with Gasteiger partial charge < -0.3 is 5.11 Å². The number of aliphatic hydroxyl groups is 1. The fourth-order valence-corrected chi connectivity index (χ4v) is 1.52. The summed E-state index contributed by atoms with van der Waals surface area (Å²) in [5, 5.41) is 7.57. The fourth-order valence-electron chi connectivity index (χ4n) is 1.52. The van der Waals surface area contributed by atoms with Crippen molar-refractivity contribution >= 4 is 0 Å². The van der Waals surface area contributed by atoms with Gasteiger partial charge in [0, 0.05) is 45.9 Å². The summed E-state index contributed by atoms with van der Waals surface area (Å²) in [4.78, 5) is 5.08. The second-order valence-corrected chi connectivity index (χ2v) is 3.00. The Morgan fingerprint density at radius 3 is 1.18 bits per heavy atom. The van der Waals surface area contributed by atoms with Crippen molar-refractivity contribution in [2.45, 2.75) is 6.92 Å². The lowest BCUT2D eigenvalue weighted by atomic mass is 10.2. The second kappa shape index (κ2) is 4.70. The van der Waals surface area contributed by atoms with Gasteiger partial charge in [-0.05, 0) is 6.92 Å². The van der Waals surface area contributed by atoms with E-state index in [1.807, 2.05) is 0 Å². The van der Waals surface area contributed by atoms with Gasteiger partial charge in [-0.15, -0.1) is 0 Å². The number of nitrogens with zero attached hydrogens (tertiary/aromatic N) is 2. The van der Waals surface area contributed by atoms with Crippen LogP contribution in [0, 0.1) is 0 Å². The zero-order valence-corrected chi connectivity index (χ0v) is 7.29. The third-order valence-electron chi connectivity index (χ3n) is 2.20. The van der Waals surface area contributed by atoms with Crippen molar-refractivity contribution in [1.82, 2.24) is 9.80 Å². The second-order valence-electron chi connectivity index (χ2n) is 3.00. The molecule has 3 rings (SSSR count). The molecule has 3 aliphatic heterocycles. The van der Waals surface area contributed by atoms with Crippen molar-refractivity contribution in [2.24, 2.45) is 0 Å². The number of aliphatic hydroxyl groups excluding tert-OH is 1. The van der Waals surface area contributed by atoms with Crippen LogP contribution in [0.4, 0.5) is 0 Å². The molecule has 0 radical (unpaired) electrons. The van der Waals surface area contributed by atoms with Gasteiger partial charge in [0.1, 0.15) is 0 Å². The van der Waals surface area contributed by atoms with Crippen molar-refractivity contribution in [3.8, 4) is 0 Å². The van der Waals surface area contributed by atoms with Crippen LogP contribution in [0.2, 0.25) is 0 Å². The number of hydrogen-bond donors (Lipinski definition) is 1. The maximum Gasteiger partial charge on any atom is 0.0402 e. The van der Waals surface area contributed by atoms with Crippen molar-refractivity contribution in [3.63, 3.8) is 0 Å². The predicted octanol–water partition coefficient (Wildman–Crippen LogP) is -0.384. The normalized spacial score (nSPS) is 34.4. The van der Waals surface area contributed by atoms with E-state index in [2.05, 4.69) is 9.80 Å². The van der Waals surface area contributed by atoms with Crippen LogP contribution in [0.1, 0.15) is 6.92 Å². The minimum absolute atomic E-state index is 0.250. The number of piperazine rings is 3. The molecular formula is C8H18N2O. The monoisotopic (exact) mass is 158 g/mol. The molecule has 0 amide bonds. The molecule has 0 saturated carbocycles. The maximum absolute atomic E-state index is 7.57. The Morgan fingerprint density at radius 1 is 0.909 bits per heavy atom. The Hall–Kier alpha value is -0.120. The number of rotatable bonds is 0. The lowest BCUT2D eigenvalue weighted by molar-refractivity contribution is 0.0647. The number of hydrogen-bond acceptors (Lipinski definition) is 3. The van der Waals surface area contributed by atoms with Gasteiger partial charge >= 0.3 is 0 Å². The molecule has 0 aromatic carbocycles. The molecule has 11 heavy (non-hydrogen) atoms. The SMILES string of the molecule is C1CN2CCN1CC2.CCO. The van der Waals surface area contributed by atoms with E-state index in [1.165, 1.54) is 39.3 Å². The average Bonchev–Trinajstić information content (AvgIpc) is 2.09. The molecule has 2 bridgehead atoms. The number of fused-ring (bicyclic) bond motifs is 3. The van der Waals surface area contributed by atoms with Gasteiger partial charge in [0.25, 0.3) is 0 Å². The van der Waals surface area contributed by atoms with Gasteiger partial charge in [-0.3, -0.25) is 9.80 Å². The Kier molecular flexibility index (Phi) is 3.83. The quantitative estimate of drug-likeness (QED) is 0.520. The van der Waals surface area contributed by atoms with Crippen LogP contribution in [0.3, 0.4) is 0 Å². The summed E-state index contributed by atoms with van der Waals surface area (Å²) >= 11 is 0. The third-order valence-corrected chi connectivity index (χ3v) is 2.20. The van der Waals surface area contributed by atoms with Crippen LogP contribution < -0.4 is 0 Å². The van der Waals surface area contributed by atoms with Crippen LogP contribution in [-0.4, -0.2) is 60.8 Å². The summed E-state index contributed by atoms with van der Waals surface area (Å²) in [7, 11) is 0. The van der Waals surface area contributed by atoms with E-state index >= 15 is 0 Å². The third kappa shape index (κ3) is 2.77. The minimum Gasteiger partial charge on any atom is -0.397 e. The largest absolute Gasteiger partial charge is 0.397 e. The van der Waals surface area contributed by atoms with Crippen LogP contribution in [0.15, 0.2) is 0 Å². The van der Waals surface area contributed by atoms with Gasteiger partial charge in [0.15, 0.2) is 0 Å². The van der Waals surface area contributed by atoms with E-state index in [1.54, 1.807) is 6.92 Å². The molecule has 0 unspecified atom stereocenters. The summed E-state index contributed by atoms with van der Waals surface area (Å²) in [6, 6.07) is 0. The molecule has 3 heterocycles. The molecule has 0 atom stereocenters. The van der Waals surface area contributed by atoms with E-state index in [9.17, 15) is 0 Å². The highest BCUT2D eigenvalue weighted by Gasteiger charge is 2.21. The van der Waals surface area contributed by atoms with Gasteiger partial charge in [0.05, 0.1) is 0 Å². The first-order valence-electron chi connectivity index (χ1n) is 4.42. The molecule has 66 valence electrons. The van der Waals surface area contributed by atoms with Crippen molar-refractivity contribution in [1.29, 1.82) is 0 Å². The van der Waals surface area contributed by atoms with Crippen molar-refractivity contribution in [3.05, 3.63) is 0 Å². The van der Waals surface area contributed by atoms with Crippen molar-refractivity contribution < 1.29 is 5.11 Å². The smallest absolute Gasteiger partial charge is 0.0402 e. The highest BCUT2D eigenvalue weighted by Crippen LogP contribution is 2.06. The fraction of sp³-hybridized carbons (Fsp3) is 1.00. The zero-order chi connectivity index (χ0) is 8.10. The molecule has 0 aliphatic carbocycles. The van der Waals surface area contributed by atoms with E-state index < -0.39 is 0 Å². The molecule has 3 aliphatic rings. The molecule has 0 spiro atoms. The minimum atomic E-state index is 0.250. The molecule has 0 aromatic heterocycles. The molecule has 1 N–H and O–H groups in total. The first kappa shape index (κ1) is 8.97. The summed E-state index contributed by atoms with van der Waals surface area (Å²) in [6.45, 7) is 9.85. The summed E-state index contributed by atoms with van der Waals surface area (Å²) in [5.74, 6) is 0. The van der Waals surface area contributed by atoms with E-state index in [0.717, 1.165) is 0 Å². The summed E-state index contributed by atoms with van der Waals surface area (Å²) in [5.41, 5.74) is 0. The first-order valence-corrected chi connectivity index (χ1v) is 4.42. The van der Waals surface area contributed by atoms with Gasteiger partial charge in [-0.1, -0.05) is 0 Å². The Morgan fingerprint density at radius 2 is 1.09 bits per heavy atom. The lowest BCUT2D eigenvalue weighted by Crippen LogP contribution is -2.55.